The maximum Gasteiger partial charge on any atom is 0.237 e. The molecule has 5 nitrogen and oxygen atoms in total. The van der Waals surface area contributed by atoms with E-state index in [0.717, 1.165) is 16.7 Å². The molecular weight excluding hydrogens is 356 g/mol. The van der Waals surface area contributed by atoms with E-state index in [1.165, 1.54) is 30.2 Å². The molecule has 1 aromatic heterocycles. The van der Waals surface area contributed by atoms with Crippen LogP contribution in [0.4, 0.5) is 5.69 Å². The molecule has 3 rings (SSSR count). The summed E-state index contributed by atoms with van der Waals surface area (Å²) in [6.07, 6.45) is 4.18. The maximum atomic E-state index is 12.6. The van der Waals surface area contributed by atoms with Gasteiger partial charge in [0.05, 0.1) is 5.25 Å². The van der Waals surface area contributed by atoms with Gasteiger partial charge in [-0.25, -0.2) is 0 Å². The van der Waals surface area contributed by atoms with Crippen LogP contribution in [0.2, 0.25) is 0 Å². The van der Waals surface area contributed by atoms with Crippen LogP contribution in [0.3, 0.4) is 0 Å². The van der Waals surface area contributed by atoms with Crippen LogP contribution in [-0.4, -0.2) is 25.9 Å². The number of nitrogens with zero attached hydrogens (tertiary/aromatic N) is 3. The van der Waals surface area contributed by atoms with Crippen molar-refractivity contribution in [2.75, 3.05) is 5.32 Å². The summed E-state index contributed by atoms with van der Waals surface area (Å²) in [5, 5.41) is 12.2. The molecule has 0 saturated heterocycles. The van der Waals surface area contributed by atoms with Crippen molar-refractivity contribution in [3.63, 3.8) is 0 Å². The topological polar surface area (TPSA) is 59.8 Å². The van der Waals surface area contributed by atoms with Crippen molar-refractivity contribution in [2.45, 2.75) is 68.8 Å². The number of rotatable bonds is 7. The molecule has 0 radical (unpaired) electrons. The van der Waals surface area contributed by atoms with Crippen LogP contribution in [0.5, 0.6) is 0 Å². The molecule has 1 amide bonds. The van der Waals surface area contributed by atoms with Crippen LogP contribution in [0.25, 0.3) is 0 Å². The minimum absolute atomic E-state index is 0.0374. The molecule has 1 N–H and O–H groups in total. The molecule has 144 valence electrons. The Bertz CT molecular complexity index is 816. The fourth-order valence-corrected chi connectivity index (χ4v) is 3.71. The average molecular weight is 385 g/mol. The Kier molecular flexibility index (Phi) is 5.75. The molecule has 0 aliphatic heterocycles. The Morgan fingerprint density at radius 3 is 2.56 bits per heavy atom. The highest BCUT2D eigenvalue weighted by atomic mass is 32.2. The van der Waals surface area contributed by atoms with Gasteiger partial charge in [0.1, 0.15) is 5.82 Å². The zero-order valence-electron chi connectivity index (χ0n) is 16.5. The molecule has 1 aliphatic rings. The molecular formula is C21H28N4OS. The highest BCUT2D eigenvalue weighted by Gasteiger charge is 2.31. The first kappa shape index (κ1) is 19.7. The summed E-state index contributed by atoms with van der Waals surface area (Å²) in [7, 11) is 0. The lowest BCUT2D eigenvalue weighted by atomic mass is 9.87. The summed E-state index contributed by atoms with van der Waals surface area (Å²) in [6.45, 7) is 12.9. The number of amides is 1. The van der Waals surface area contributed by atoms with Crippen molar-refractivity contribution in [3.05, 3.63) is 48.3 Å². The summed E-state index contributed by atoms with van der Waals surface area (Å²) in [6, 6.07) is 8.05. The normalized spacial score (nSPS) is 15.4. The van der Waals surface area contributed by atoms with Gasteiger partial charge in [0.2, 0.25) is 5.91 Å². The van der Waals surface area contributed by atoms with Crippen molar-refractivity contribution < 1.29 is 4.79 Å². The van der Waals surface area contributed by atoms with Crippen LogP contribution in [-0.2, 0) is 16.8 Å². The van der Waals surface area contributed by atoms with Crippen LogP contribution in [0.1, 0.15) is 57.8 Å². The zero-order chi connectivity index (χ0) is 19.6. The molecule has 1 heterocycles. The Balaban J connectivity index is 1.65. The molecule has 27 heavy (non-hydrogen) atoms. The first-order valence-corrected chi connectivity index (χ1v) is 10.3. The second-order valence-corrected chi connectivity index (χ2v) is 9.40. The quantitative estimate of drug-likeness (QED) is 0.552. The summed E-state index contributed by atoms with van der Waals surface area (Å²) in [5.74, 6) is 1.49. The predicted molar refractivity (Wildman–Crippen MR) is 111 cm³/mol. The number of allylic oxidation sites excluding steroid dienone is 1. The third-order valence-electron chi connectivity index (χ3n) is 4.67. The van der Waals surface area contributed by atoms with Crippen molar-refractivity contribution in [1.82, 2.24) is 14.8 Å². The predicted octanol–water partition coefficient (Wildman–Crippen LogP) is 4.76. The van der Waals surface area contributed by atoms with Gasteiger partial charge in [-0.2, -0.15) is 0 Å². The van der Waals surface area contributed by atoms with Gasteiger partial charge in [-0.3, -0.25) is 4.79 Å². The Hall–Kier alpha value is -2.08. The smallest absolute Gasteiger partial charge is 0.237 e. The number of carbonyl (C=O) groups is 1. The van der Waals surface area contributed by atoms with Gasteiger partial charge >= 0.3 is 0 Å². The number of carbonyl (C=O) groups excluding carboxylic acids is 1. The van der Waals surface area contributed by atoms with E-state index in [1.54, 1.807) is 0 Å². The van der Waals surface area contributed by atoms with Gasteiger partial charge in [0.25, 0.3) is 0 Å². The fourth-order valence-electron chi connectivity index (χ4n) is 2.84. The van der Waals surface area contributed by atoms with E-state index in [0.29, 0.717) is 12.5 Å². The lowest BCUT2D eigenvalue weighted by molar-refractivity contribution is -0.115. The molecule has 1 aromatic carbocycles. The van der Waals surface area contributed by atoms with Gasteiger partial charge in [-0.15, -0.1) is 16.8 Å². The summed E-state index contributed by atoms with van der Waals surface area (Å²) in [4.78, 5) is 12.6. The van der Waals surface area contributed by atoms with Crippen molar-refractivity contribution >= 4 is 23.4 Å². The van der Waals surface area contributed by atoms with E-state index in [4.69, 9.17) is 0 Å². The zero-order valence-corrected chi connectivity index (χ0v) is 17.3. The highest BCUT2D eigenvalue weighted by molar-refractivity contribution is 8.00. The first-order valence-electron chi connectivity index (χ1n) is 9.41. The number of benzene rings is 1. The van der Waals surface area contributed by atoms with E-state index in [2.05, 4.69) is 59.6 Å². The largest absolute Gasteiger partial charge is 0.325 e. The van der Waals surface area contributed by atoms with Crippen LogP contribution in [0.15, 0.2) is 42.1 Å². The van der Waals surface area contributed by atoms with Crippen LogP contribution >= 0.6 is 11.8 Å². The second kappa shape index (κ2) is 7.89. The van der Waals surface area contributed by atoms with Gasteiger partial charge in [-0.05, 0) is 42.9 Å². The molecule has 0 spiro atoms. The van der Waals surface area contributed by atoms with Gasteiger partial charge in [-0.1, -0.05) is 50.7 Å². The standard InChI is InChI=1S/C21H28N4OS/c1-6-13-25-18(15-7-8-15)23-24-20(25)27-14(2)19(26)22-17-11-9-16(10-12-17)21(3,4)5/h6,9-12,14-15H,1,7-8,13H2,2-5H3,(H,22,26). The summed E-state index contributed by atoms with van der Waals surface area (Å²) < 4.78 is 2.08. The minimum Gasteiger partial charge on any atom is -0.325 e. The molecule has 1 aliphatic carbocycles. The number of nitrogens with one attached hydrogen (secondary N) is 1. The number of hydrogen-bond donors (Lipinski definition) is 1. The number of anilines is 1. The Morgan fingerprint density at radius 1 is 1.33 bits per heavy atom. The molecule has 1 fully saturated rings. The van der Waals surface area contributed by atoms with E-state index in [1.807, 2.05) is 25.1 Å². The van der Waals surface area contributed by atoms with E-state index in [9.17, 15) is 4.79 Å². The lowest BCUT2D eigenvalue weighted by Gasteiger charge is -2.19. The third kappa shape index (κ3) is 4.80. The van der Waals surface area contributed by atoms with E-state index < -0.39 is 0 Å². The molecule has 1 unspecified atom stereocenters. The molecule has 2 aromatic rings. The van der Waals surface area contributed by atoms with Gasteiger partial charge in [0.15, 0.2) is 5.16 Å². The number of aromatic nitrogens is 3. The minimum atomic E-state index is -0.271. The lowest BCUT2D eigenvalue weighted by Crippen LogP contribution is -2.23. The molecule has 1 atom stereocenters. The highest BCUT2D eigenvalue weighted by Crippen LogP contribution is 2.40. The van der Waals surface area contributed by atoms with Crippen molar-refractivity contribution in [2.24, 2.45) is 0 Å². The molecule has 1 saturated carbocycles. The monoisotopic (exact) mass is 384 g/mol. The summed E-state index contributed by atoms with van der Waals surface area (Å²) >= 11 is 1.44. The molecule has 6 heteroatoms. The second-order valence-electron chi connectivity index (χ2n) is 8.09. The van der Waals surface area contributed by atoms with Crippen LogP contribution < -0.4 is 5.32 Å². The van der Waals surface area contributed by atoms with Gasteiger partial charge in [0, 0.05) is 18.2 Å². The maximum absolute atomic E-state index is 12.6. The average Bonchev–Trinajstić information content (AvgIpc) is 3.38. The molecule has 0 bridgehead atoms. The van der Waals surface area contributed by atoms with Crippen molar-refractivity contribution in [1.29, 1.82) is 0 Å². The van der Waals surface area contributed by atoms with Crippen LogP contribution in [0, 0.1) is 0 Å². The van der Waals surface area contributed by atoms with E-state index in [-0.39, 0.29) is 16.6 Å². The first-order chi connectivity index (χ1) is 12.8. The SMILES string of the molecule is C=CCn1c(SC(C)C(=O)Nc2ccc(C(C)(C)C)cc2)nnc1C1CC1. The Labute approximate surface area is 165 Å². The Morgan fingerprint density at radius 2 is 2.00 bits per heavy atom. The fraction of sp³-hybridized carbons (Fsp3) is 0.476. The number of hydrogen-bond acceptors (Lipinski definition) is 4. The summed E-state index contributed by atoms with van der Waals surface area (Å²) in [5.41, 5.74) is 2.15. The van der Waals surface area contributed by atoms with Crippen molar-refractivity contribution in [3.8, 4) is 0 Å². The number of thioether (sulfide) groups is 1. The van der Waals surface area contributed by atoms with Gasteiger partial charge < -0.3 is 9.88 Å². The van der Waals surface area contributed by atoms with E-state index >= 15 is 0 Å². The third-order valence-corrected chi connectivity index (χ3v) is 5.75.